The summed E-state index contributed by atoms with van der Waals surface area (Å²) in [4.78, 5) is 0. The summed E-state index contributed by atoms with van der Waals surface area (Å²) in [6, 6.07) is 3.87. The van der Waals surface area contributed by atoms with E-state index in [2.05, 4.69) is 0 Å². The minimum Gasteiger partial charge on any atom is -0.391 e. The maximum Gasteiger partial charge on any atom is 0.141 e. The second-order valence-corrected chi connectivity index (χ2v) is 4.79. The quantitative estimate of drug-likeness (QED) is 0.857. The van der Waals surface area contributed by atoms with Crippen LogP contribution in [-0.2, 0) is 0 Å². The van der Waals surface area contributed by atoms with Gasteiger partial charge in [-0.2, -0.15) is 0 Å². The molecule has 0 unspecified atom stereocenters. The molecule has 1 saturated carbocycles. The Balaban J connectivity index is 2.12. The number of aliphatic hydroxyl groups excluding tert-OH is 1. The van der Waals surface area contributed by atoms with E-state index in [1.165, 1.54) is 12.1 Å². The van der Waals surface area contributed by atoms with Gasteiger partial charge in [-0.15, -0.1) is 0 Å². The average molecular weight is 244 g/mol. The Morgan fingerprint density at radius 1 is 1.44 bits per heavy atom. The molecule has 0 saturated heterocycles. The zero-order valence-electron chi connectivity index (χ0n) is 8.87. The number of halogens is 2. The van der Waals surface area contributed by atoms with Crippen LogP contribution in [0.3, 0.4) is 0 Å². The SMILES string of the molecule is N[C@H](c1ccc(F)c(Cl)c1)[C@@H](O)C1CCC1. The lowest BCUT2D eigenvalue weighted by molar-refractivity contribution is 0.0413. The highest BCUT2D eigenvalue weighted by atomic mass is 35.5. The maximum absolute atomic E-state index is 13.0. The third kappa shape index (κ3) is 2.21. The Hall–Kier alpha value is -0.640. The summed E-state index contributed by atoms with van der Waals surface area (Å²) in [6.45, 7) is 0. The van der Waals surface area contributed by atoms with Gasteiger partial charge in [0.25, 0.3) is 0 Å². The van der Waals surface area contributed by atoms with Crippen molar-refractivity contribution in [1.29, 1.82) is 0 Å². The van der Waals surface area contributed by atoms with E-state index in [4.69, 9.17) is 17.3 Å². The fourth-order valence-electron chi connectivity index (χ4n) is 1.99. The zero-order chi connectivity index (χ0) is 11.7. The fraction of sp³-hybridized carbons (Fsp3) is 0.500. The summed E-state index contributed by atoms with van der Waals surface area (Å²) in [5, 5.41) is 10.0. The van der Waals surface area contributed by atoms with Gasteiger partial charge < -0.3 is 10.8 Å². The third-order valence-corrected chi connectivity index (χ3v) is 3.62. The largest absolute Gasteiger partial charge is 0.391 e. The number of hydrogen-bond donors (Lipinski definition) is 2. The Morgan fingerprint density at radius 2 is 2.12 bits per heavy atom. The van der Waals surface area contributed by atoms with E-state index >= 15 is 0 Å². The highest BCUT2D eigenvalue weighted by molar-refractivity contribution is 6.30. The molecule has 2 atom stereocenters. The van der Waals surface area contributed by atoms with Gasteiger partial charge in [0.15, 0.2) is 0 Å². The van der Waals surface area contributed by atoms with Crippen LogP contribution in [0.4, 0.5) is 4.39 Å². The molecule has 1 fully saturated rings. The highest BCUT2D eigenvalue weighted by Crippen LogP contribution is 2.34. The van der Waals surface area contributed by atoms with Crippen LogP contribution < -0.4 is 5.73 Å². The Labute approximate surface area is 99.2 Å². The molecule has 0 spiro atoms. The van der Waals surface area contributed by atoms with Gasteiger partial charge in [0.1, 0.15) is 5.82 Å². The molecular weight excluding hydrogens is 229 g/mol. The van der Waals surface area contributed by atoms with E-state index in [-0.39, 0.29) is 10.9 Å². The molecule has 1 aliphatic carbocycles. The zero-order valence-corrected chi connectivity index (χ0v) is 9.62. The van der Waals surface area contributed by atoms with Crippen molar-refractivity contribution in [2.24, 2.45) is 11.7 Å². The molecule has 4 heteroatoms. The van der Waals surface area contributed by atoms with Gasteiger partial charge in [0.2, 0.25) is 0 Å². The first-order valence-corrected chi connectivity index (χ1v) is 5.86. The molecule has 0 radical (unpaired) electrons. The molecule has 0 aromatic heterocycles. The molecule has 1 aromatic carbocycles. The topological polar surface area (TPSA) is 46.2 Å². The van der Waals surface area contributed by atoms with E-state index in [1.807, 2.05) is 0 Å². The predicted octanol–water partition coefficient (Wildman–Crippen LogP) is 2.64. The lowest BCUT2D eigenvalue weighted by Crippen LogP contribution is -2.36. The number of benzene rings is 1. The Morgan fingerprint density at radius 3 is 2.62 bits per heavy atom. The summed E-state index contributed by atoms with van der Waals surface area (Å²) in [7, 11) is 0. The molecule has 2 nitrogen and oxygen atoms in total. The number of nitrogens with two attached hydrogens (primary N) is 1. The van der Waals surface area contributed by atoms with Crippen LogP contribution in [-0.4, -0.2) is 11.2 Å². The minimum absolute atomic E-state index is 0.0498. The highest BCUT2D eigenvalue weighted by Gasteiger charge is 2.30. The fourth-order valence-corrected chi connectivity index (χ4v) is 2.18. The minimum atomic E-state index is -0.560. The van der Waals surface area contributed by atoms with Crippen molar-refractivity contribution in [1.82, 2.24) is 0 Å². The molecule has 88 valence electrons. The normalized spacial score (nSPS) is 20.2. The number of hydrogen-bond acceptors (Lipinski definition) is 2. The summed E-state index contributed by atoms with van der Waals surface area (Å²) < 4.78 is 13.0. The third-order valence-electron chi connectivity index (χ3n) is 3.33. The lowest BCUT2D eigenvalue weighted by atomic mass is 9.77. The van der Waals surface area contributed by atoms with Crippen molar-refractivity contribution in [3.63, 3.8) is 0 Å². The molecule has 0 heterocycles. The van der Waals surface area contributed by atoms with Crippen LogP contribution in [0.2, 0.25) is 5.02 Å². The van der Waals surface area contributed by atoms with Gasteiger partial charge in [0, 0.05) is 0 Å². The van der Waals surface area contributed by atoms with E-state index in [0.29, 0.717) is 5.56 Å². The van der Waals surface area contributed by atoms with E-state index < -0.39 is 18.0 Å². The first-order valence-electron chi connectivity index (χ1n) is 5.48. The molecule has 1 aromatic rings. The summed E-state index contributed by atoms with van der Waals surface area (Å²) in [5.74, 6) is -0.186. The predicted molar refractivity (Wildman–Crippen MR) is 61.7 cm³/mol. The summed E-state index contributed by atoms with van der Waals surface area (Å²) >= 11 is 5.68. The molecule has 2 rings (SSSR count). The second kappa shape index (κ2) is 4.70. The molecule has 3 N–H and O–H groups in total. The molecule has 16 heavy (non-hydrogen) atoms. The van der Waals surface area contributed by atoms with Crippen LogP contribution in [0.15, 0.2) is 18.2 Å². The number of rotatable bonds is 3. The van der Waals surface area contributed by atoms with Crippen molar-refractivity contribution < 1.29 is 9.50 Å². The van der Waals surface area contributed by atoms with Crippen LogP contribution in [0.1, 0.15) is 30.9 Å². The van der Waals surface area contributed by atoms with E-state index in [9.17, 15) is 9.50 Å². The van der Waals surface area contributed by atoms with Crippen LogP contribution >= 0.6 is 11.6 Å². The van der Waals surface area contributed by atoms with Crippen LogP contribution in [0.25, 0.3) is 0 Å². The molecule has 0 bridgehead atoms. The first-order chi connectivity index (χ1) is 7.59. The van der Waals surface area contributed by atoms with Gasteiger partial charge in [-0.05, 0) is 36.5 Å². The average Bonchev–Trinajstić information content (AvgIpc) is 2.18. The second-order valence-electron chi connectivity index (χ2n) is 4.38. The van der Waals surface area contributed by atoms with Crippen molar-refractivity contribution in [3.8, 4) is 0 Å². The molecule has 0 amide bonds. The van der Waals surface area contributed by atoms with Gasteiger partial charge in [-0.25, -0.2) is 4.39 Å². The summed E-state index contributed by atoms with van der Waals surface area (Å²) in [6.07, 6.45) is 2.63. The van der Waals surface area contributed by atoms with E-state index in [0.717, 1.165) is 19.3 Å². The smallest absolute Gasteiger partial charge is 0.141 e. The lowest BCUT2D eigenvalue weighted by Gasteiger charge is -2.33. The Bertz CT molecular complexity index is 381. The van der Waals surface area contributed by atoms with Crippen LogP contribution in [0.5, 0.6) is 0 Å². The Kier molecular flexibility index (Phi) is 3.47. The van der Waals surface area contributed by atoms with Gasteiger partial charge >= 0.3 is 0 Å². The van der Waals surface area contributed by atoms with Crippen LogP contribution in [0, 0.1) is 11.7 Å². The maximum atomic E-state index is 13.0. The van der Waals surface area contributed by atoms with Crippen molar-refractivity contribution >= 4 is 11.6 Å². The van der Waals surface area contributed by atoms with Crippen molar-refractivity contribution in [2.45, 2.75) is 31.4 Å². The standard InChI is InChI=1S/C12H15ClFNO/c13-9-6-8(4-5-10(9)14)11(15)12(16)7-2-1-3-7/h4-7,11-12,16H,1-3,15H2/t11-,12+/m1/s1. The van der Waals surface area contributed by atoms with E-state index in [1.54, 1.807) is 6.07 Å². The number of aliphatic hydroxyl groups is 1. The first kappa shape index (κ1) is 11.8. The van der Waals surface area contributed by atoms with Gasteiger partial charge in [-0.1, -0.05) is 24.1 Å². The monoisotopic (exact) mass is 243 g/mol. The summed E-state index contributed by atoms with van der Waals surface area (Å²) in [5.41, 5.74) is 6.62. The molecule has 0 aliphatic heterocycles. The van der Waals surface area contributed by atoms with Crippen molar-refractivity contribution in [2.75, 3.05) is 0 Å². The van der Waals surface area contributed by atoms with Gasteiger partial charge in [-0.3, -0.25) is 0 Å². The van der Waals surface area contributed by atoms with Gasteiger partial charge in [0.05, 0.1) is 17.2 Å². The van der Waals surface area contributed by atoms with Crippen molar-refractivity contribution in [3.05, 3.63) is 34.6 Å². The molecular formula is C12H15ClFNO. The molecule has 1 aliphatic rings.